The van der Waals surface area contributed by atoms with Crippen molar-refractivity contribution in [1.82, 2.24) is 4.90 Å². The topological polar surface area (TPSA) is 88.4 Å². The molecule has 2 rings (SSSR count). The summed E-state index contributed by atoms with van der Waals surface area (Å²) in [6.07, 6.45) is -0.616. The molecule has 0 saturated carbocycles. The lowest BCUT2D eigenvalue weighted by Crippen LogP contribution is -2.43. The van der Waals surface area contributed by atoms with Crippen molar-refractivity contribution >= 4 is 41.0 Å². The summed E-state index contributed by atoms with van der Waals surface area (Å²) < 4.78 is 5.25. The highest BCUT2D eigenvalue weighted by atomic mass is 35.5. The van der Waals surface area contributed by atoms with E-state index in [9.17, 15) is 14.7 Å². The number of amides is 1. The number of halogens is 2. The number of carboxylic acid groups (broad SMARTS) is 1. The molecule has 1 aromatic carbocycles. The Labute approximate surface area is 161 Å². The third-order valence-electron chi connectivity index (χ3n) is 3.48. The molecule has 0 unspecified atom stereocenters. The molecule has 1 heterocycles. The lowest BCUT2D eigenvalue weighted by atomic mass is 10.2. The number of ether oxygens (including phenoxy) is 1. The van der Waals surface area contributed by atoms with Crippen LogP contribution in [-0.2, 0) is 21.0 Å². The van der Waals surface area contributed by atoms with E-state index in [0.29, 0.717) is 15.8 Å². The second kappa shape index (κ2) is 8.14. The fourth-order valence-corrected chi connectivity index (χ4v) is 2.65. The molecule has 26 heavy (non-hydrogen) atoms. The van der Waals surface area contributed by atoms with Crippen LogP contribution in [-0.4, -0.2) is 46.0 Å². The zero-order valence-corrected chi connectivity index (χ0v) is 16.2. The van der Waals surface area contributed by atoms with Crippen molar-refractivity contribution in [3.63, 3.8) is 0 Å². The summed E-state index contributed by atoms with van der Waals surface area (Å²) in [5, 5.41) is 14.1. The van der Waals surface area contributed by atoms with Crippen LogP contribution in [0.5, 0.6) is 0 Å². The molecular formula is C17H20Cl2N2O5. The van der Waals surface area contributed by atoms with Crippen LogP contribution in [0.25, 0.3) is 0 Å². The summed E-state index contributed by atoms with van der Waals surface area (Å²) in [4.78, 5) is 30.0. The number of hydrogen-bond donors (Lipinski definition) is 1. The zero-order valence-electron chi connectivity index (χ0n) is 14.7. The van der Waals surface area contributed by atoms with Gasteiger partial charge < -0.3 is 14.7 Å². The largest absolute Gasteiger partial charge is 0.480 e. The number of hydrogen-bond acceptors (Lipinski definition) is 5. The van der Waals surface area contributed by atoms with Gasteiger partial charge in [-0.05, 0) is 38.5 Å². The van der Waals surface area contributed by atoms with Gasteiger partial charge in [-0.25, -0.2) is 9.59 Å². The van der Waals surface area contributed by atoms with E-state index in [1.54, 1.807) is 39.0 Å². The molecule has 1 saturated heterocycles. The molecule has 9 heteroatoms. The van der Waals surface area contributed by atoms with E-state index in [-0.39, 0.29) is 19.6 Å². The van der Waals surface area contributed by atoms with Crippen molar-refractivity contribution in [3.8, 4) is 0 Å². The first kappa shape index (κ1) is 20.3. The van der Waals surface area contributed by atoms with Crippen molar-refractivity contribution in [2.75, 3.05) is 6.54 Å². The first-order chi connectivity index (χ1) is 12.1. The molecule has 0 radical (unpaired) electrons. The van der Waals surface area contributed by atoms with Crippen molar-refractivity contribution in [2.24, 2.45) is 5.16 Å². The standard InChI is InChI=1S/C17H20Cl2N2O5/c1-17(2,3)26-16(24)21-8-11(7-14(21)15(22)23)20-25-9-10-4-5-12(18)13(19)6-10/h4-6,14H,7-9H2,1-3H3,(H,22,23)/b20-11+/t14-/m0/s1. The molecular weight excluding hydrogens is 383 g/mol. The summed E-state index contributed by atoms with van der Waals surface area (Å²) in [5.74, 6) is -1.12. The summed E-state index contributed by atoms with van der Waals surface area (Å²) in [7, 11) is 0. The summed E-state index contributed by atoms with van der Waals surface area (Å²) in [6.45, 7) is 5.32. The highest BCUT2D eigenvalue weighted by Crippen LogP contribution is 2.23. The molecule has 0 aliphatic carbocycles. The highest BCUT2D eigenvalue weighted by Gasteiger charge is 2.40. The summed E-state index contributed by atoms with van der Waals surface area (Å²) >= 11 is 11.8. The number of oxime groups is 1. The van der Waals surface area contributed by atoms with Gasteiger partial charge in [0.25, 0.3) is 0 Å². The maximum atomic E-state index is 12.2. The Balaban J connectivity index is 2.01. The molecule has 1 aromatic rings. The lowest BCUT2D eigenvalue weighted by Gasteiger charge is -2.26. The van der Waals surface area contributed by atoms with Crippen molar-refractivity contribution in [1.29, 1.82) is 0 Å². The average molecular weight is 403 g/mol. The Bertz CT molecular complexity index is 730. The average Bonchev–Trinajstić information content (AvgIpc) is 2.94. The van der Waals surface area contributed by atoms with Crippen LogP contribution >= 0.6 is 23.2 Å². The number of benzene rings is 1. The van der Waals surface area contributed by atoms with Gasteiger partial charge in [-0.2, -0.15) is 0 Å². The van der Waals surface area contributed by atoms with Crippen molar-refractivity contribution < 1.29 is 24.3 Å². The summed E-state index contributed by atoms with van der Waals surface area (Å²) in [6, 6.07) is 4.02. The molecule has 1 atom stereocenters. The van der Waals surface area contributed by atoms with Crippen LogP contribution in [0.3, 0.4) is 0 Å². The Morgan fingerprint density at radius 2 is 2.00 bits per heavy atom. The number of aliphatic carboxylic acids is 1. The SMILES string of the molecule is CC(C)(C)OC(=O)N1C/C(=N/OCc2ccc(Cl)c(Cl)c2)C[C@H]1C(=O)O. The number of carbonyl (C=O) groups is 2. The molecule has 1 fully saturated rings. The predicted octanol–water partition coefficient (Wildman–Crippen LogP) is 3.96. The molecule has 1 N–H and O–H groups in total. The molecule has 0 spiro atoms. The fourth-order valence-electron chi connectivity index (χ4n) is 2.33. The number of carboxylic acids is 1. The second-order valence-corrected chi connectivity index (χ2v) is 7.66. The van der Waals surface area contributed by atoms with Crippen LogP contribution in [0.1, 0.15) is 32.8 Å². The Morgan fingerprint density at radius 1 is 1.31 bits per heavy atom. The third kappa shape index (κ3) is 5.51. The quantitative estimate of drug-likeness (QED) is 0.769. The van der Waals surface area contributed by atoms with Crippen LogP contribution in [0, 0.1) is 0 Å². The van der Waals surface area contributed by atoms with Crippen LogP contribution in [0.4, 0.5) is 4.79 Å². The minimum absolute atomic E-state index is 0.0350. The van der Waals surface area contributed by atoms with E-state index < -0.39 is 23.7 Å². The van der Waals surface area contributed by atoms with Gasteiger partial charge in [0.15, 0.2) is 0 Å². The monoisotopic (exact) mass is 402 g/mol. The van der Waals surface area contributed by atoms with E-state index in [1.165, 1.54) is 0 Å². The van der Waals surface area contributed by atoms with Gasteiger partial charge in [0.2, 0.25) is 0 Å². The molecule has 1 amide bonds. The smallest absolute Gasteiger partial charge is 0.411 e. The van der Waals surface area contributed by atoms with Gasteiger partial charge in [-0.3, -0.25) is 4.90 Å². The normalized spacial score (nSPS) is 18.9. The van der Waals surface area contributed by atoms with E-state index in [4.69, 9.17) is 32.8 Å². The summed E-state index contributed by atoms with van der Waals surface area (Å²) in [5.41, 5.74) is 0.494. The minimum Gasteiger partial charge on any atom is -0.480 e. The van der Waals surface area contributed by atoms with Crippen molar-refractivity contribution in [3.05, 3.63) is 33.8 Å². The van der Waals surface area contributed by atoms with Gasteiger partial charge in [0, 0.05) is 6.42 Å². The third-order valence-corrected chi connectivity index (χ3v) is 4.22. The molecule has 0 bridgehead atoms. The van der Waals surface area contributed by atoms with Crippen LogP contribution < -0.4 is 0 Å². The zero-order chi connectivity index (χ0) is 19.5. The Hall–Kier alpha value is -1.99. The molecule has 142 valence electrons. The molecule has 0 aromatic heterocycles. The van der Waals surface area contributed by atoms with Gasteiger partial charge in [-0.15, -0.1) is 0 Å². The van der Waals surface area contributed by atoms with Gasteiger partial charge in [0.05, 0.1) is 22.3 Å². The predicted molar refractivity (Wildman–Crippen MR) is 97.7 cm³/mol. The molecule has 1 aliphatic rings. The second-order valence-electron chi connectivity index (χ2n) is 6.85. The highest BCUT2D eigenvalue weighted by molar-refractivity contribution is 6.42. The van der Waals surface area contributed by atoms with Gasteiger partial charge >= 0.3 is 12.1 Å². The lowest BCUT2D eigenvalue weighted by molar-refractivity contribution is -0.142. The molecule has 1 aliphatic heterocycles. The maximum Gasteiger partial charge on any atom is 0.411 e. The van der Waals surface area contributed by atoms with E-state index in [0.717, 1.165) is 10.5 Å². The van der Waals surface area contributed by atoms with Gasteiger partial charge in [0.1, 0.15) is 18.2 Å². The number of carbonyl (C=O) groups excluding carboxylic acids is 1. The molecule has 7 nitrogen and oxygen atoms in total. The first-order valence-corrected chi connectivity index (χ1v) is 8.66. The first-order valence-electron chi connectivity index (χ1n) is 7.91. The van der Waals surface area contributed by atoms with Gasteiger partial charge in [-0.1, -0.05) is 34.4 Å². The number of nitrogens with zero attached hydrogens (tertiary/aromatic N) is 2. The number of rotatable bonds is 4. The minimum atomic E-state index is -1.12. The Morgan fingerprint density at radius 3 is 2.58 bits per heavy atom. The van der Waals surface area contributed by atoms with Crippen LogP contribution in [0.2, 0.25) is 10.0 Å². The number of likely N-dealkylation sites (tertiary alicyclic amines) is 1. The Kier molecular flexibility index (Phi) is 6.36. The van der Waals surface area contributed by atoms with Crippen molar-refractivity contribution in [2.45, 2.75) is 45.4 Å². The van der Waals surface area contributed by atoms with E-state index in [2.05, 4.69) is 5.16 Å². The fraction of sp³-hybridized carbons (Fsp3) is 0.471. The van der Waals surface area contributed by atoms with E-state index >= 15 is 0 Å². The van der Waals surface area contributed by atoms with Crippen LogP contribution in [0.15, 0.2) is 23.4 Å². The van der Waals surface area contributed by atoms with E-state index in [1.807, 2.05) is 0 Å². The maximum absolute atomic E-state index is 12.2.